The van der Waals surface area contributed by atoms with Crippen molar-refractivity contribution in [3.63, 3.8) is 0 Å². The monoisotopic (exact) mass is 462 g/mol. The molecule has 1 aliphatic carbocycles. The number of hydrogen-bond acceptors (Lipinski definition) is 4. The van der Waals surface area contributed by atoms with E-state index in [1.165, 1.54) is 0 Å². The number of urea groups is 1. The summed E-state index contributed by atoms with van der Waals surface area (Å²) in [5.74, 6) is -2.01. The van der Waals surface area contributed by atoms with Crippen LogP contribution < -0.4 is 5.32 Å². The summed E-state index contributed by atoms with van der Waals surface area (Å²) < 4.78 is 40.7. The Hall–Kier alpha value is -2.13. The molecule has 0 radical (unpaired) electrons. The van der Waals surface area contributed by atoms with Crippen LogP contribution in [-0.2, 0) is 16.0 Å². The molecule has 3 atom stereocenters. The van der Waals surface area contributed by atoms with Crippen LogP contribution in [-0.4, -0.2) is 53.6 Å². The van der Waals surface area contributed by atoms with Gasteiger partial charge in [-0.25, -0.2) is 4.79 Å². The number of aliphatic hydroxyl groups excluding tert-OH is 1. The fourth-order valence-electron chi connectivity index (χ4n) is 4.33. The van der Waals surface area contributed by atoms with Gasteiger partial charge in [0, 0.05) is 5.02 Å². The number of alkyl halides is 3. The molecular weight excluding hydrogens is 437 g/mol. The number of benzene rings is 1. The van der Waals surface area contributed by atoms with Gasteiger partial charge in [-0.2, -0.15) is 13.2 Å². The van der Waals surface area contributed by atoms with Crippen LogP contribution >= 0.6 is 11.6 Å². The highest BCUT2D eigenvalue weighted by molar-refractivity contribution is 6.31. The van der Waals surface area contributed by atoms with E-state index in [4.69, 9.17) is 16.4 Å². The first-order chi connectivity index (χ1) is 14.7. The lowest BCUT2D eigenvalue weighted by atomic mass is 9.82. The highest BCUT2D eigenvalue weighted by Gasteiger charge is 2.53. The molecule has 2 N–H and O–H groups in total. The number of halogens is 4. The molecule has 10 heteroatoms. The molecule has 0 aromatic heterocycles. The maximum atomic E-state index is 13.6. The first-order valence-corrected chi connectivity index (χ1v) is 10.4. The summed E-state index contributed by atoms with van der Waals surface area (Å²) >= 11 is 6.10. The highest BCUT2D eigenvalue weighted by Crippen LogP contribution is 2.36. The molecule has 1 saturated heterocycles. The van der Waals surface area contributed by atoms with E-state index in [-0.39, 0.29) is 6.42 Å². The fourth-order valence-corrected chi connectivity index (χ4v) is 4.54. The molecular formula is C21H26ClF3N2O4. The van der Waals surface area contributed by atoms with Crippen LogP contribution in [0, 0.1) is 11.8 Å². The van der Waals surface area contributed by atoms with Crippen molar-refractivity contribution in [3.05, 3.63) is 34.9 Å². The van der Waals surface area contributed by atoms with Gasteiger partial charge in [0.25, 0.3) is 0 Å². The quantitative estimate of drug-likeness (QED) is 0.653. The lowest BCUT2D eigenvalue weighted by Crippen LogP contribution is -2.69. The lowest BCUT2D eigenvalue weighted by molar-refractivity contribution is -0.170. The molecule has 1 heterocycles. The van der Waals surface area contributed by atoms with Gasteiger partial charge in [0.2, 0.25) is 5.91 Å². The van der Waals surface area contributed by atoms with Crippen molar-refractivity contribution < 1.29 is 32.7 Å². The van der Waals surface area contributed by atoms with Gasteiger partial charge < -0.3 is 15.2 Å². The van der Waals surface area contributed by atoms with Crippen LogP contribution in [0.15, 0.2) is 24.3 Å². The van der Waals surface area contributed by atoms with Crippen molar-refractivity contribution in [1.29, 1.82) is 0 Å². The summed E-state index contributed by atoms with van der Waals surface area (Å²) in [5, 5.41) is 12.1. The molecule has 172 valence electrons. The van der Waals surface area contributed by atoms with Crippen LogP contribution in [0.1, 0.15) is 37.7 Å². The minimum absolute atomic E-state index is 0.207. The van der Waals surface area contributed by atoms with Gasteiger partial charge in [-0.3, -0.25) is 9.69 Å². The smallest absolute Gasteiger partial charge is 0.394 e. The molecule has 2 fully saturated rings. The van der Waals surface area contributed by atoms with Crippen molar-refractivity contribution in [2.24, 2.45) is 11.8 Å². The average Bonchev–Trinajstić information content (AvgIpc) is 2.76. The molecule has 1 aromatic rings. The molecule has 1 saturated carbocycles. The fraction of sp³-hybridized carbons (Fsp3) is 0.571. The third-order valence-electron chi connectivity index (χ3n) is 5.91. The Morgan fingerprint density at radius 2 is 1.84 bits per heavy atom. The molecule has 2 unspecified atom stereocenters. The second-order valence-corrected chi connectivity index (χ2v) is 8.13. The van der Waals surface area contributed by atoms with E-state index >= 15 is 0 Å². The van der Waals surface area contributed by atoms with E-state index in [9.17, 15) is 27.9 Å². The van der Waals surface area contributed by atoms with E-state index in [2.05, 4.69) is 0 Å². The largest absolute Gasteiger partial charge is 0.408 e. The van der Waals surface area contributed by atoms with Crippen molar-refractivity contribution in [2.45, 2.75) is 56.8 Å². The Balaban J connectivity index is 0.00000166. The predicted molar refractivity (Wildman–Crippen MR) is 108 cm³/mol. The summed E-state index contributed by atoms with van der Waals surface area (Å²) in [6.07, 6.45) is -1.36. The van der Waals surface area contributed by atoms with Gasteiger partial charge in [0.1, 0.15) is 12.8 Å². The van der Waals surface area contributed by atoms with E-state index in [1.807, 2.05) is 12.1 Å². The standard InChI is InChI=1S/C20H24ClF3N2O3.CH2O/c21-15-9-5-4-8-13(15)10-14-16(11-27)26(18(14)28)19(29)25-17(20(22,23)24)12-6-2-1-3-7-12;1-2/h4-5,8-9,12,14,16-17,27H,1-3,6-7,10-11H2,(H,25,29);1H2/t14-,16?,17?;/m1./s1. The van der Waals surface area contributed by atoms with Gasteiger partial charge in [-0.1, -0.05) is 49.1 Å². The van der Waals surface area contributed by atoms with Crippen LogP contribution in [0.25, 0.3) is 0 Å². The lowest BCUT2D eigenvalue weighted by Gasteiger charge is -2.45. The zero-order valence-electron chi connectivity index (χ0n) is 16.9. The van der Waals surface area contributed by atoms with Gasteiger partial charge in [-0.15, -0.1) is 0 Å². The van der Waals surface area contributed by atoms with Gasteiger partial charge in [0.15, 0.2) is 0 Å². The van der Waals surface area contributed by atoms with Crippen LogP contribution in [0.4, 0.5) is 18.0 Å². The Morgan fingerprint density at radius 3 is 2.39 bits per heavy atom. The number of amides is 3. The second kappa shape index (κ2) is 10.9. The first kappa shape index (κ1) is 25.1. The number of carbonyl (C=O) groups excluding carboxylic acids is 3. The van der Waals surface area contributed by atoms with Crippen molar-refractivity contribution in [3.8, 4) is 0 Å². The first-order valence-electron chi connectivity index (χ1n) is 10.1. The summed E-state index contributed by atoms with van der Waals surface area (Å²) in [5.41, 5.74) is 0.682. The molecule has 0 bridgehead atoms. The molecule has 3 rings (SSSR count). The van der Waals surface area contributed by atoms with E-state index < -0.39 is 48.6 Å². The zero-order chi connectivity index (χ0) is 23.2. The summed E-state index contributed by atoms with van der Waals surface area (Å²) in [7, 11) is 0. The molecule has 1 aromatic carbocycles. The number of β-lactam (4-membered cyclic amide) rings is 1. The zero-order valence-corrected chi connectivity index (χ0v) is 17.7. The predicted octanol–water partition coefficient (Wildman–Crippen LogP) is 3.74. The Labute approximate surface area is 183 Å². The van der Waals surface area contributed by atoms with Crippen molar-refractivity contribution >= 4 is 30.3 Å². The molecule has 1 aliphatic heterocycles. The number of aliphatic hydroxyl groups is 1. The molecule has 31 heavy (non-hydrogen) atoms. The number of nitrogens with one attached hydrogen (secondary N) is 1. The molecule has 0 spiro atoms. The average molecular weight is 463 g/mol. The number of nitrogens with zero attached hydrogens (tertiary/aromatic N) is 1. The van der Waals surface area contributed by atoms with Gasteiger partial charge >= 0.3 is 12.2 Å². The Morgan fingerprint density at radius 1 is 1.23 bits per heavy atom. The maximum absolute atomic E-state index is 13.6. The van der Waals surface area contributed by atoms with Crippen LogP contribution in [0.2, 0.25) is 5.02 Å². The Bertz CT molecular complexity index is 771. The number of likely N-dealkylation sites (tertiary alicyclic amines) is 1. The SMILES string of the molecule is C=O.O=C(NC(C1CCCCC1)C(F)(F)F)N1C(=O)[C@H](Cc2ccccc2Cl)C1CO. The minimum Gasteiger partial charge on any atom is -0.394 e. The normalized spacial score (nSPS) is 22.7. The third kappa shape index (κ3) is 5.77. The minimum atomic E-state index is -4.60. The van der Waals surface area contributed by atoms with Crippen molar-refractivity contribution in [2.75, 3.05) is 6.61 Å². The van der Waals surface area contributed by atoms with Crippen LogP contribution in [0.3, 0.4) is 0 Å². The molecule has 3 amide bonds. The van der Waals surface area contributed by atoms with Crippen LogP contribution in [0.5, 0.6) is 0 Å². The molecule has 2 aliphatic rings. The van der Waals surface area contributed by atoms with E-state index in [0.717, 1.165) is 6.42 Å². The third-order valence-corrected chi connectivity index (χ3v) is 6.28. The molecule has 6 nitrogen and oxygen atoms in total. The second-order valence-electron chi connectivity index (χ2n) is 7.73. The highest BCUT2D eigenvalue weighted by atomic mass is 35.5. The number of carbonyl (C=O) groups is 3. The van der Waals surface area contributed by atoms with E-state index in [1.54, 1.807) is 24.3 Å². The van der Waals surface area contributed by atoms with Gasteiger partial charge in [-0.05, 0) is 36.8 Å². The summed E-state index contributed by atoms with van der Waals surface area (Å²) in [6, 6.07) is 2.91. The van der Waals surface area contributed by atoms with Crippen molar-refractivity contribution in [1.82, 2.24) is 10.2 Å². The number of hydrogen-bond donors (Lipinski definition) is 2. The topological polar surface area (TPSA) is 86.7 Å². The Kier molecular flexibility index (Phi) is 8.88. The summed E-state index contributed by atoms with van der Waals surface area (Å²) in [4.78, 5) is 33.8. The summed E-state index contributed by atoms with van der Waals surface area (Å²) in [6.45, 7) is 1.48. The number of rotatable bonds is 5. The van der Waals surface area contributed by atoms with E-state index in [0.29, 0.717) is 41.2 Å². The maximum Gasteiger partial charge on any atom is 0.408 e. The van der Waals surface area contributed by atoms with Gasteiger partial charge in [0.05, 0.1) is 18.6 Å². The number of imide groups is 1.